The summed E-state index contributed by atoms with van der Waals surface area (Å²) in [6.07, 6.45) is 2.60. The molecule has 0 radical (unpaired) electrons. The van der Waals surface area contributed by atoms with E-state index in [1.807, 2.05) is 0 Å². The Morgan fingerprint density at radius 2 is 1.94 bits per heavy atom. The van der Waals surface area contributed by atoms with Crippen molar-refractivity contribution in [3.8, 4) is 5.75 Å². The maximum atomic E-state index is 11.6. The van der Waals surface area contributed by atoms with Crippen LogP contribution in [-0.4, -0.2) is 16.6 Å². The van der Waals surface area contributed by atoms with Gasteiger partial charge in [-0.1, -0.05) is 23.2 Å². The molecule has 0 spiro atoms. The van der Waals surface area contributed by atoms with Gasteiger partial charge in [0.15, 0.2) is 0 Å². The van der Waals surface area contributed by atoms with E-state index in [-0.39, 0.29) is 33.0 Å². The zero-order chi connectivity index (χ0) is 13.3. The summed E-state index contributed by atoms with van der Waals surface area (Å²) in [5.74, 6) is -0.382. The predicted octanol–water partition coefficient (Wildman–Crippen LogP) is 2.67. The van der Waals surface area contributed by atoms with Crippen LogP contribution in [0.5, 0.6) is 5.75 Å². The van der Waals surface area contributed by atoms with Gasteiger partial charge in [-0.15, -0.1) is 0 Å². The number of allylic oxidation sites excluding steroid dienone is 3. The van der Waals surface area contributed by atoms with Crippen LogP contribution in [0, 0.1) is 0 Å². The minimum Gasteiger partial charge on any atom is -0.506 e. The molecule has 1 aromatic carbocycles. The van der Waals surface area contributed by atoms with Gasteiger partial charge in [0, 0.05) is 6.08 Å². The Morgan fingerprint density at radius 1 is 1.22 bits per heavy atom. The molecule has 1 aromatic rings. The highest BCUT2D eigenvalue weighted by Crippen LogP contribution is 2.28. The van der Waals surface area contributed by atoms with E-state index in [4.69, 9.17) is 28.9 Å². The fourth-order valence-electron chi connectivity index (χ4n) is 1.35. The molecular formula is C12H8Cl2N2O2. The van der Waals surface area contributed by atoms with E-state index >= 15 is 0 Å². The van der Waals surface area contributed by atoms with Crippen molar-refractivity contribution in [3.05, 3.63) is 46.1 Å². The van der Waals surface area contributed by atoms with Crippen molar-refractivity contribution in [3.63, 3.8) is 0 Å². The van der Waals surface area contributed by atoms with E-state index in [1.54, 1.807) is 0 Å². The Labute approximate surface area is 113 Å². The summed E-state index contributed by atoms with van der Waals surface area (Å²) in [4.78, 5) is 15.7. The highest BCUT2D eigenvalue weighted by Gasteiger charge is 2.15. The van der Waals surface area contributed by atoms with E-state index in [0.29, 0.717) is 5.69 Å². The average molecular weight is 283 g/mol. The second-order valence-electron chi connectivity index (χ2n) is 3.59. The van der Waals surface area contributed by atoms with Crippen molar-refractivity contribution in [1.82, 2.24) is 0 Å². The first kappa shape index (κ1) is 12.7. The van der Waals surface area contributed by atoms with Crippen molar-refractivity contribution in [1.29, 1.82) is 0 Å². The first-order valence-electron chi connectivity index (χ1n) is 4.93. The van der Waals surface area contributed by atoms with Gasteiger partial charge in [0.25, 0.3) is 0 Å². The summed E-state index contributed by atoms with van der Waals surface area (Å²) < 4.78 is 0. The summed E-state index contributed by atoms with van der Waals surface area (Å²) in [7, 11) is 0. The van der Waals surface area contributed by atoms with E-state index < -0.39 is 0 Å². The molecule has 6 heteroatoms. The van der Waals surface area contributed by atoms with E-state index in [2.05, 4.69) is 4.99 Å². The number of ketones is 1. The molecular weight excluding hydrogens is 275 g/mol. The number of hydrogen-bond acceptors (Lipinski definition) is 4. The number of carbonyl (C=O) groups is 1. The minimum absolute atomic E-state index is 0.0476. The molecule has 0 saturated carbocycles. The highest BCUT2D eigenvalue weighted by atomic mass is 35.5. The maximum absolute atomic E-state index is 11.6. The molecule has 1 aliphatic rings. The Morgan fingerprint density at radius 3 is 2.61 bits per heavy atom. The number of hydrogen-bond donors (Lipinski definition) is 2. The van der Waals surface area contributed by atoms with E-state index in [0.717, 1.165) is 0 Å². The summed E-state index contributed by atoms with van der Waals surface area (Å²) >= 11 is 11.5. The molecule has 18 heavy (non-hydrogen) atoms. The molecule has 0 aliphatic heterocycles. The van der Waals surface area contributed by atoms with Crippen molar-refractivity contribution in [2.24, 2.45) is 10.7 Å². The first-order valence-corrected chi connectivity index (χ1v) is 5.69. The average Bonchev–Trinajstić information content (AvgIpc) is 2.31. The number of halogens is 2. The highest BCUT2D eigenvalue weighted by molar-refractivity contribution is 6.52. The standard InChI is InChI=1S/C12H8Cl2N2O2/c13-7-4-12(18)10(5-9(7)15)16-6-1-2-11(17)8(14)3-6/h1-5,17H,15H2. The van der Waals surface area contributed by atoms with Gasteiger partial charge in [-0.05, 0) is 24.3 Å². The lowest BCUT2D eigenvalue weighted by atomic mass is 10.1. The number of benzene rings is 1. The molecule has 0 saturated heterocycles. The van der Waals surface area contributed by atoms with Gasteiger partial charge in [-0.25, -0.2) is 4.99 Å². The Hall–Kier alpha value is -1.78. The summed E-state index contributed by atoms with van der Waals surface area (Å²) in [6, 6.07) is 4.37. The van der Waals surface area contributed by atoms with Gasteiger partial charge in [0.2, 0.25) is 5.78 Å². The Kier molecular flexibility index (Phi) is 3.41. The lowest BCUT2D eigenvalue weighted by Gasteiger charge is -2.07. The van der Waals surface area contributed by atoms with Gasteiger partial charge in [-0.3, -0.25) is 4.79 Å². The van der Waals surface area contributed by atoms with Crippen molar-refractivity contribution in [2.45, 2.75) is 0 Å². The number of nitrogens with zero attached hydrogens (tertiary/aromatic N) is 1. The van der Waals surface area contributed by atoms with Gasteiger partial charge >= 0.3 is 0 Å². The molecule has 4 nitrogen and oxygen atoms in total. The van der Waals surface area contributed by atoms with Crippen LogP contribution in [0.2, 0.25) is 5.02 Å². The van der Waals surface area contributed by atoms with Gasteiger partial charge in [0.1, 0.15) is 11.5 Å². The number of aliphatic imine (C=N–C) groups is 1. The fraction of sp³-hybridized carbons (Fsp3) is 0. The zero-order valence-corrected chi connectivity index (χ0v) is 10.5. The largest absolute Gasteiger partial charge is 0.506 e. The van der Waals surface area contributed by atoms with Crippen molar-refractivity contribution < 1.29 is 9.90 Å². The van der Waals surface area contributed by atoms with Crippen LogP contribution in [0.1, 0.15) is 0 Å². The third-order valence-electron chi connectivity index (χ3n) is 2.26. The molecule has 0 heterocycles. The summed E-state index contributed by atoms with van der Waals surface area (Å²) in [5, 5.41) is 9.63. The smallest absolute Gasteiger partial charge is 0.205 e. The molecule has 92 valence electrons. The number of phenols is 1. The molecule has 2 rings (SSSR count). The molecule has 0 amide bonds. The Balaban J connectivity index is 2.40. The number of carbonyl (C=O) groups excluding carboxylic acids is 1. The SMILES string of the molecule is NC1=CC(=Nc2ccc(O)c(Cl)c2)C(=O)C=C1Cl. The lowest BCUT2D eigenvalue weighted by Crippen LogP contribution is -2.17. The summed E-state index contributed by atoms with van der Waals surface area (Å²) in [6.45, 7) is 0. The van der Waals surface area contributed by atoms with E-state index in [9.17, 15) is 9.90 Å². The number of rotatable bonds is 1. The molecule has 0 bridgehead atoms. The number of phenolic OH excluding ortho intramolecular Hbond substituents is 1. The second-order valence-corrected chi connectivity index (χ2v) is 4.40. The zero-order valence-electron chi connectivity index (χ0n) is 9.02. The van der Waals surface area contributed by atoms with Gasteiger partial charge < -0.3 is 10.8 Å². The van der Waals surface area contributed by atoms with Crippen LogP contribution in [0.3, 0.4) is 0 Å². The quantitative estimate of drug-likeness (QED) is 0.778. The fourth-order valence-corrected chi connectivity index (χ4v) is 1.68. The van der Waals surface area contributed by atoms with Crippen LogP contribution in [0.25, 0.3) is 0 Å². The molecule has 0 fully saturated rings. The Bertz CT molecular complexity index is 619. The molecule has 0 aromatic heterocycles. The molecule has 0 unspecified atom stereocenters. The lowest BCUT2D eigenvalue weighted by molar-refractivity contribution is -0.108. The van der Waals surface area contributed by atoms with Crippen molar-refractivity contribution in [2.75, 3.05) is 0 Å². The minimum atomic E-state index is -0.335. The second kappa shape index (κ2) is 4.84. The normalized spacial score (nSPS) is 17.7. The topological polar surface area (TPSA) is 75.7 Å². The van der Waals surface area contributed by atoms with Crippen LogP contribution in [0.15, 0.2) is 46.1 Å². The molecule has 1 aliphatic carbocycles. The molecule has 3 N–H and O–H groups in total. The van der Waals surface area contributed by atoms with Crippen LogP contribution < -0.4 is 5.73 Å². The van der Waals surface area contributed by atoms with E-state index in [1.165, 1.54) is 30.4 Å². The van der Waals surface area contributed by atoms with Crippen LogP contribution >= 0.6 is 23.2 Å². The summed E-state index contributed by atoms with van der Waals surface area (Å²) in [5.41, 5.74) is 6.48. The number of aromatic hydroxyl groups is 1. The first-order chi connectivity index (χ1) is 8.47. The van der Waals surface area contributed by atoms with Crippen LogP contribution in [0.4, 0.5) is 5.69 Å². The van der Waals surface area contributed by atoms with Gasteiger partial charge in [-0.2, -0.15) is 0 Å². The predicted molar refractivity (Wildman–Crippen MR) is 71.4 cm³/mol. The third kappa shape index (κ3) is 2.55. The maximum Gasteiger partial charge on any atom is 0.205 e. The van der Waals surface area contributed by atoms with Crippen LogP contribution in [-0.2, 0) is 4.79 Å². The van der Waals surface area contributed by atoms with Gasteiger partial charge in [0.05, 0.1) is 21.4 Å². The van der Waals surface area contributed by atoms with Crippen molar-refractivity contribution >= 4 is 40.4 Å². The third-order valence-corrected chi connectivity index (χ3v) is 2.89. The number of nitrogens with two attached hydrogens (primary N) is 1. The molecule has 0 atom stereocenters. The monoisotopic (exact) mass is 282 g/mol.